The minimum atomic E-state index is -0.757. The molecule has 2 rings (SSSR count). The second-order valence-electron chi connectivity index (χ2n) is 3.91. The fourth-order valence-electron chi connectivity index (χ4n) is 1.62. The summed E-state index contributed by atoms with van der Waals surface area (Å²) in [5.41, 5.74) is 6.08. The van der Waals surface area contributed by atoms with E-state index in [0.717, 1.165) is 0 Å². The molecule has 0 spiro atoms. The van der Waals surface area contributed by atoms with Crippen molar-refractivity contribution < 1.29 is 18.7 Å². The van der Waals surface area contributed by atoms with E-state index in [0.29, 0.717) is 32.2 Å². The number of hydrazine groups is 1. The Labute approximate surface area is 120 Å². The van der Waals surface area contributed by atoms with Gasteiger partial charge in [0, 0.05) is 25.2 Å². The summed E-state index contributed by atoms with van der Waals surface area (Å²) in [6.45, 7) is 1.71. The number of carbonyl (C=O) groups is 2. The second kappa shape index (κ2) is 6.87. The molecular weight excluding hydrogens is 284 g/mol. The van der Waals surface area contributed by atoms with Crippen molar-refractivity contribution in [2.45, 2.75) is 0 Å². The molecule has 1 aliphatic heterocycles. The molecule has 2 heterocycles. The number of carbonyl (C=O) groups excluding carboxylic acids is 2. The summed E-state index contributed by atoms with van der Waals surface area (Å²) in [4.78, 5) is 24.9. The standard InChI is InChI=1S/C11H14N4O4S/c16-10(11(17)15-3-5-18-6-4-15)14-13-9-2-1-8(19-9)12-7-20/h1-2,7,13H,3-6H2,(H,12,20)(H,14,16). The molecule has 108 valence electrons. The summed E-state index contributed by atoms with van der Waals surface area (Å²) in [5.74, 6) is -0.652. The van der Waals surface area contributed by atoms with Gasteiger partial charge in [0.15, 0.2) is 5.88 Å². The molecule has 2 amide bonds. The SMILES string of the molecule is O=C(NNc1ccc(NC=S)o1)C(=O)N1CCOCC1. The molecule has 3 N–H and O–H groups in total. The Hall–Kier alpha value is -2.13. The zero-order valence-corrected chi connectivity index (χ0v) is 11.4. The molecule has 1 saturated heterocycles. The van der Waals surface area contributed by atoms with Crippen molar-refractivity contribution in [3.05, 3.63) is 12.1 Å². The van der Waals surface area contributed by atoms with E-state index in [4.69, 9.17) is 9.15 Å². The second-order valence-corrected chi connectivity index (χ2v) is 4.15. The molecule has 0 radical (unpaired) electrons. The van der Waals surface area contributed by atoms with Crippen LogP contribution in [0, 0.1) is 0 Å². The zero-order valence-electron chi connectivity index (χ0n) is 10.5. The van der Waals surface area contributed by atoms with Gasteiger partial charge in [0.05, 0.1) is 18.7 Å². The summed E-state index contributed by atoms with van der Waals surface area (Å²) in [6, 6.07) is 3.21. The molecule has 8 nitrogen and oxygen atoms in total. The number of ether oxygens (including phenoxy) is 1. The Bertz CT molecular complexity index is 498. The van der Waals surface area contributed by atoms with Crippen LogP contribution >= 0.6 is 12.2 Å². The summed E-state index contributed by atoms with van der Waals surface area (Å²) in [5, 5.41) is 2.67. The predicted molar refractivity (Wildman–Crippen MR) is 75.2 cm³/mol. The highest BCUT2D eigenvalue weighted by atomic mass is 32.1. The average Bonchev–Trinajstić information content (AvgIpc) is 2.93. The molecule has 20 heavy (non-hydrogen) atoms. The molecule has 0 unspecified atom stereocenters. The van der Waals surface area contributed by atoms with Crippen molar-refractivity contribution in [1.82, 2.24) is 10.3 Å². The molecule has 0 aromatic carbocycles. The highest BCUT2D eigenvalue weighted by Crippen LogP contribution is 2.16. The fraction of sp³-hybridized carbons (Fsp3) is 0.364. The molecule has 1 fully saturated rings. The van der Waals surface area contributed by atoms with Crippen LogP contribution in [0.25, 0.3) is 0 Å². The summed E-state index contributed by atoms with van der Waals surface area (Å²) in [7, 11) is 0. The van der Waals surface area contributed by atoms with Crippen LogP contribution < -0.4 is 16.2 Å². The first kappa shape index (κ1) is 14.3. The van der Waals surface area contributed by atoms with Crippen LogP contribution in [0.5, 0.6) is 0 Å². The van der Waals surface area contributed by atoms with E-state index in [1.807, 2.05) is 0 Å². The van der Waals surface area contributed by atoms with Crippen molar-refractivity contribution in [3.63, 3.8) is 0 Å². The molecule has 1 aromatic rings. The van der Waals surface area contributed by atoms with Crippen LogP contribution in [0.4, 0.5) is 11.8 Å². The molecule has 0 saturated carbocycles. The molecule has 1 aliphatic rings. The van der Waals surface area contributed by atoms with Crippen LogP contribution in [-0.4, -0.2) is 48.5 Å². The van der Waals surface area contributed by atoms with Crippen molar-refractivity contribution >= 4 is 41.3 Å². The van der Waals surface area contributed by atoms with Crippen LogP contribution in [-0.2, 0) is 14.3 Å². The summed E-state index contributed by atoms with van der Waals surface area (Å²) in [6.07, 6.45) is 0. The lowest BCUT2D eigenvalue weighted by Gasteiger charge is -2.25. The molecule has 1 aromatic heterocycles. The fourth-order valence-corrected chi connectivity index (χ4v) is 1.74. The smallest absolute Gasteiger partial charge is 0.327 e. The van der Waals surface area contributed by atoms with Gasteiger partial charge in [0.1, 0.15) is 0 Å². The summed E-state index contributed by atoms with van der Waals surface area (Å²) >= 11 is 4.61. The number of furan rings is 1. The van der Waals surface area contributed by atoms with Crippen LogP contribution in [0.1, 0.15) is 0 Å². The third kappa shape index (κ3) is 3.68. The van der Waals surface area contributed by atoms with Gasteiger partial charge < -0.3 is 19.4 Å². The molecule has 0 bridgehead atoms. The average molecular weight is 298 g/mol. The van der Waals surface area contributed by atoms with Gasteiger partial charge in [-0.05, 0) is 0 Å². The number of hydrogen-bond donors (Lipinski definition) is 3. The van der Waals surface area contributed by atoms with E-state index in [2.05, 4.69) is 28.4 Å². The lowest BCUT2D eigenvalue weighted by molar-refractivity contribution is -0.148. The Balaban J connectivity index is 1.81. The van der Waals surface area contributed by atoms with Crippen molar-refractivity contribution in [2.24, 2.45) is 0 Å². The predicted octanol–water partition coefficient (Wildman–Crippen LogP) is -0.0494. The molecule has 0 atom stereocenters. The van der Waals surface area contributed by atoms with Gasteiger partial charge >= 0.3 is 11.8 Å². The maximum absolute atomic E-state index is 11.8. The normalized spacial score (nSPS) is 14.5. The third-order valence-electron chi connectivity index (χ3n) is 2.60. The van der Waals surface area contributed by atoms with E-state index in [9.17, 15) is 9.59 Å². The Kier molecular flexibility index (Phi) is 4.91. The van der Waals surface area contributed by atoms with Crippen LogP contribution in [0.15, 0.2) is 16.5 Å². The van der Waals surface area contributed by atoms with Crippen LogP contribution in [0.2, 0.25) is 0 Å². The zero-order chi connectivity index (χ0) is 14.4. The number of morpholine rings is 1. The topological polar surface area (TPSA) is 95.8 Å². The van der Waals surface area contributed by atoms with E-state index in [1.54, 1.807) is 12.1 Å². The molecule has 0 aliphatic carbocycles. The van der Waals surface area contributed by atoms with Gasteiger partial charge in [-0.2, -0.15) is 0 Å². The van der Waals surface area contributed by atoms with E-state index < -0.39 is 11.8 Å². The van der Waals surface area contributed by atoms with Gasteiger partial charge in [-0.1, -0.05) is 12.2 Å². The van der Waals surface area contributed by atoms with Crippen LogP contribution in [0.3, 0.4) is 0 Å². The van der Waals surface area contributed by atoms with Crippen molar-refractivity contribution in [3.8, 4) is 0 Å². The summed E-state index contributed by atoms with van der Waals surface area (Å²) < 4.78 is 10.3. The third-order valence-corrected chi connectivity index (χ3v) is 2.72. The van der Waals surface area contributed by atoms with Crippen molar-refractivity contribution in [2.75, 3.05) is 37.0 Å². The number of anilines is 2. The highest BCUT2D eigenvalue weighted by Gasteiger charge is 2.23. The lowest BCUT2D eigenvalue weighted by Crippen LogP contribution is -2.49. The minimum absolute atomic E-state index is 0.285. The monoisotopic (exact) mass is 298 g/mol. The van der Waals surface area contributed by atoms with Crippen molar-refractivity contribution in [1.29, 1.82) is 0 Å². The maximum Gasteiger partial charge on any atom is 0.327 e. The van der Waals surface area contributed by atoms with Gasteiger partial charge in [-0.3, -0.25) is 20.4 Å². The van der Waals surface area contributed by atoms with Gasteiger partial charge in [0.25, 0.3) is 0 Å². The number of thiocarbonyl (C=S) groups is 1. The van der Waals surface area contributed by atoms with E-state index in [1.165, 1.54) is 10.4 Å². The highest BCUT2D eigenvalue weighted by molar-refractivity contribution is 7.79. The number of rotatable bonds is 4. The number of hydrogen-bond acceptors (Lipinski definition) is 6. The Morgan fingerprint density at radius 2 is 1.95 bits per heavy atom. The quantitative estimate of drug-likeness (QED) is 0.407. The number of nitrogens with one attached hydrogen (secondary N) is 3. The van der Waals surface area contributed by atoms with Gasteiger partial charge in [-0.25, -0.2) is 0 Å². The minimum Gasteiger partial charge on any atom is -0.423 e. The first-order valence-electron chi connectivity index (χ1n) is 5.93. The first-order chi connectivity index (χ1) is 9.70. The van der Waals surface area contributed by atoms with Gasteiger partial charge in [-0.15, -0.1) is 0 Å². The Morgan fingerprint density at radius 1 is 1.25 bits per heavy atom. The van der Waals surface area contributed by atoms with E-state index >= 15 is 0 Å². The molecule has 9 heteroatoms. The number of nitrogens with zero attached hydrogens (tertiary/aromatic N) is 1. The molecular formula is C11H14N4O4S. The van der Waals surface area contributed by atoms with E-state index in [-0.39, 0.29) is 5.88 Å². The largest absolute Gasteiger partial charge is 0.423 e. The maximum atomic E-state index is 11.8. The Morgan fingerprint density at radius 3 is 2.65 bits per heavy atom. The first-order valence-corrected chi connectivity index (χ1v) is 6.41. The lowest BCUT2D eigenvalue weighted by atomic mass is 10.4. The number of amides is 2. The van der Waals surface area contributed by atoms with Gasteiger partial charge in [0.2, 0.25) is 5.88 Å².